The number of sulfonamides is 1. The Balaban J connectivity index is 0.00000243. The molecule has 1 aliphatic carbocycles. The van der Waals surface area contributed by atoms with E-state index in [-0.39, 0.29) is 42.6 Å². The standard InChI is InChI=1S/C18H27N3O3S.ClH/c19-17(15-8-9-15)11-20-18(22)16-7-4-10-21(12-16)25(23,24)13-14-5-2-1-3-6-14;/h1-3,5-6,15-17H,4,7-13,19H2,(H,20,22);1H. The molecule has 1 saturated carbocycles. The van der Waals surface area contributed by atoms with Crippen LogP contribution in [-0.2, 0) is 20.6 Å². The minimum atomic E-state index is -3.41. The third-order valence-corrected chi connectivity index (χ3v) is 6.90. The summed E-state index contributed by atoms with van der Waals surface area (Å²) >= 11 is 0. The molecule has 3 N–H and O–H groups in total. The molecular weight excluding hydrogens is 374 g/mol. The second-order valence-electron chi connectivity index (χ2n) is 7.19. The molecular formula is C18H28ClN3O3S. The smallest absolute Gasteiger partial charge is 0.224 e. The van der Waals surface area contributed by atoms with Crippen LogP contribution in [-0.4, -0.2) is 44.3 Å². The molecule has 1 saturated heterocycles. The quantitative estimate of drug-likeness (QED) is 0.724. The lowest BCUT2D eigenvalue weighted by Gasteiger charge is -2.31. The molecule has 8 heteroatoms. The van der Waals surface area contributed by atoms with Gasteiger partial charge in [-0.2, -0.15) is 0 Å². The number of hydrogen-bond donors (Lipinski definition) is 2. The van der Waals surface area contributed by atoms with E-state index >= 15 is 0 Å². The van der Waals surface area contributed by atoms with Crippen LogP contribution in [0.5, 0.6) is 0 Å². The van der Waals surface area contributed by atoms with Gasteiger partial charge in [0.05, 0.1) is 11.7 Å². The fraction of sp³-hybridized carbons (Fsp3) is 0.611. The number of nitrogens with zero attached hydrogens (tertiary/aromatic N) is 1. The number of hydrogen-bond acceptors (Lipinski definition) is 4. The second-order valence-corrected chi connectivity index (χ2v) is 9.15. The SMILES string of the molecule is Cl.NC(CNC(=O)C1CCCN(S(=O)(=O)Cc2ccccc2)C1)C1CC1. The molecule has 0 bridgehead atoms. The van der Waals surface area contributed by atoms with Crippen LogP contribution in [0.2, 0.25) is 0 Å². The van der Waals surface area contributed by atoms with Crippen LogP contribution < -0.4 is 11.1 Å². The minimum absolute atomic E-state index is 0. The first-order chi connectivity index (χ1) is 12.0. The first-order valence-corrected chi connectivity index (χ1v) is 10.6. The molecule has 146 valence electrons. The number of benzene rings is 1. The largest absolute Gasteiger partial charge is 0.354 e. The van der Waals surface area contributed by atoms with Gasteiger partial charge in [-0.1, -0.05) is 30.3 Å². The highest BCUT2D eigenvalue weighted by molar-refractivity contribution is 7.88. The van der Waals surface area contributed by atoms with Crippen LogP contribution in [0.1, 0.15) is 31.2 Å². The topological polar surface area (TPSA) is 92.5 Å². The fourth-order valence-corrected chi connectivity index (χ4v) is 4.95. The van der Waals surface area contributed by atoms with Crippen LogP contribution in [0.3, 0.4) is 0 Å². The number of nitrogens with two attached hydrogens (primary N) is 1. The molecule has 2 aliphatic rings. The highest BCUT2D eigenvalue weighted by Crippen LogP contribution is 2.31. The number of nitrogens with one attached hydrogen (secondary N) is 1. The van der Waals surface area contributed by atoms with Gasteiger partial charge >= 0.3 is 0 Å². The third kappa shape index (κ3) is 5.67. The van der Waals surface area contributed by atoms with Gasteiger partial charge in [-0.3, -0.25) is 4.79 Å². The number of rotatable bonds is 7. The molecule has 1 aliphatic heterocycles. The molecule has 2 fully saturated rings. The van der Waals surface area contributed by atoms with Crippen molar-refractivity contribution < 1.29 is 13.2 Å². The van der Waals surface area contributed by atoms with E-state index in [4.69, 9.17) is 5.73 Å². The molecule has 3 rings (SSSR count). The van der Waals surface area contributed by atoms with Crippen LogP contribution in [0.25, 0.3) is 0 Å². The van der Waals surface area contributed by atoms with Gasteiger partial charge in [0.15, 0.2) is 0 Å². The Bertz CT molecular complexity index is 695. The lowest BCUT2D eigenvalue weighted by molar-refractivity contribution is -0.126. The van der Waals surface area contributed by atoms with Crippen molar-refractivity contribution in [2.75, 3.05) is 19.6 Å². The van der Waals surface area contributed by atoms with Gasteiger partial charge in [0.2, 0.25) is 15.9 Å². The predicted molar refractivity (Wildman–Crippen MR) is 104 cm³/mol. The number of piperidine rings is 1. The zero-order valence-corrected chi connectivity index (χ0v) is 16.5. The Kier molecular flexibility index (Phi) is 7.46. The summed E-state index contributed by atoms with van der Waals surface area (Å²) < 4.78 is 26.8. The van der Waals surface area contributed by atoms with Crippen molar-refractivity contribution in [1.82, 2.24) is 9.62 Å². The summed E-state index contributed by atoms with van der Waals surface area (Å²) in [5.41, 5.74) is 6.79. The lowest BCUT2D eigenvalue weighted by Crippen LogP contribution is -2.47. The van der Waals surface area contributed by atoms with E-state index in [1.165, 1.54) is 4.31 Å². The molecule has 0 radical (unpaired) electrons. The summed E-state index contributed by atoms with van der Waals surface area (Å²) in [6, 6.07) is 9.17. The van der Waals surface area contributed by atoms with Crippen molar-refractivity contribution in [1.29, 1.82) is 0 Å². The highest BCUT2D eigenvalue weighted by atomic mass is 35.5. The Morgan fingerprint density at radius 3 is 2.58 bits per heavy atom. The summed E-state index contributed by atoms with van der Waals surface area (Å²) in [4.78, 5) is 12.4. The summed E-state index contributed by atoms with van der Waals surface area (Å²) in [5, 5.41) is 2.91. The van der Waals surface area contributed by atoms with Crippen molar-refractivity contribution in [3.63, 3.8) is 0 Å². The van der Waals surface area contributed by atoms with Gasteiger partial charge in [0, 0.05) is 25.7 Å². The minimum Gasteiger partial charge on any atom is -0.354 e. The summed E-state index contributed by atoms with van der Waals surface area (Å²) in [5.74, 6) is 0.158. The van der Waals surface area contributed by atoms with Crippen molar-refractivity contribution in [2.24, 2.45) is 17.6 Å². The average molecular weight is 402 g/mol. The predicted octanol–water partition coefficient (Wildman–Crippen LogP) is 1.50. The van der Waals surface area contributed by atoms with E-state index in [1.54, 1.807) is 0 Å². The van der Waals surface area contributed by atoms with Gasteiger partial charge in [-0.15, -0.1) is 12.4 Å². The monoisotopic (exact) mass is 401 g/mol. The molecule has 2 unspecified atom stereocenters. The zero-order valence-electron chi connectivity index (χ0n) is 14.8. The molecule has 1 aromatic carbocycles. The summed E-state index contributed by atoms with van der Waals surface area (Å²) in [6.45, 7) is 1.23. The molecule has 2 atom stereocenters. The van der Waals surface area contributed by atoms with E-state index in [2.05, 4.69) is 5.32 Å². The fourth-order valence-electron chi connectivity index (χ4n) is 3.34. The molecule has 1 amide bonds. The Labute approximate surface area is 162 Å². The second kappa shape index (κ2) is 9.17. The van der Waals surface area contributed by atoms with Crippen LogP contribution in [0.4, 0.5) is 0 Å². The molecule has 1 aromatic rings. The van der Waals surface area contributed by atoms with Gasteiger partial charge in [-0.25, -0.2) is 12.7 Å². The van der Waals surface area contributed by atoms with Gasteiger partial charge < -0.3 is 11.1 Å². The molecule has 1 heterocycles. The summed E-state index contributed by atoms with van der Waals surface area (Å²) in [7, 11) is -3.41. The molecule has 0 spiro atoms. The van der Waals surface area contributed by atoms with Crippen molar-refractivity contribution in [3.8, 4) is 0 Å². The maximum atomic E-state index is 12.7. The van der Waals surface area contributed by atoms with Crippen molar-refractivity contribution in [3.05, 3.63) is 35.9 Å². The summed E-state index contributed by atoms with van der Waals surface area (Å²) in [6.07, 6.45) is 3.72. The van der Waals surface area contributed by atoms with Crippen LogP contribution in [0.15, 0.2) is 30.3 Å². The maximum absolute atomic E-state index is 12.7. The number of carbonyl (C=O) groups excluding carboxylic acids is 1. The molecule has 26 heavy (non-hydrogen) atoms. The van der Waals surface area contributed by atoms with Crippen LogP contribution >= 0.6 is 12.4 Å². The highest BCUT2D eigenvalue weighted by Gasteiger charge is 2.33. The van der Waals surface area contributed by atoms with Crippen LogP contribution in [0, 0.1) is 11.8 Å². The first-order valence-electron chi connectivity index (χ1n) is 9.01. The third-order valence-electron chi connectivity index (χ3n) is 5.08. The van der Waals surface area contributed by atoms with E-state index in [0.717, 1.165) is 24.8 Å². The van der Waals surface area contributed by atoms with E-state index < -0.39 is 10.0 Å². The van der Waals surface area contributed by atoms with Gasteiger partial charge in [0.25, 0.3) is 0 Å². The number of halogens is 1. The Morgan fingerprint density at radius 1 is 1.23 bits per heavy atom. The van der Waals surface area contributed by atoms with Gasteiger partial charge in [-0.05, 0) is 37.2 Å². The maximum Gasteiger partial charge on any atom is 0.224 e. The normalized spacial score (nSPS) is 22.3. The van der Waals surface area contributed by atoms with Gasteiger partial charge in [0.1, 0.15) is 0 Å². The molecule has 6 nitrogen and oxygen atoms in total. The Hall–Kier alpha value is -1.15. The number of carbonyl (C=O) groups is 1. The van der Waals surface area contributed by atoms with E-state index in [0.29, 0.717) is 25.4 Å². The van der Waals surface area contributed by atoms with E-state index in [1.807, 2.05) is 30.3 Å². The number of amides is 1. The first kappa shape index (κ1) is 21.2. The Morgan fingerprint density at radius 2 is 1.92 bits per heavy atom. The van der Waals surface area contributed by atoms with Crippen molar-refractivity contribution in [2.45, 2.75) is 37.5 Å². The van der Waals surface area contributed by atoms with Crippen molar-refractivity contribution >= 4 is 28.3 Å². The lowest BCUT2D eigenvalue weighted by atomic mass is 9.98. The zero-order chi connectivity index (χ0) is 17.9. The van der Waals surface area contributed by atoms with E-state index in [9.17, 15) is 13.2 Å². The molecule has 0 aromatic heterocycles. The average Bonchev–Trinajstić information content (AvgIpc) is 3.45.